The van der Waals surface area contributed by atoms with Crippen LogP contribution in [0.4, 0.5) is 25.0 Å². The fraction of sp³-hybridized carbons (Fsp3) is 0.364. The Morgan fingerprint density at radius 2 is 1.69 bits per heavy atom. The third-order valence-corrected chi connectivity index (χ3v) is 5.44. The van der Waals surface area contributed by atoms with Gasteiger partial charge in [-0.3, -0.25) is 4.79 Å². The molecule has 1 aliphatic heterocycles. The molecule has 1 fully saturated rings. The number of nitrogens with zero attached hydrogens (tertiary/aromatic N) is 1. The van der Waals surface area contributed by atoms with Crippen LogP contribution >= 0.6 is 0 Å². The number of hydrogen-bond donors (Lipinski definition) is 2. The van der Waals surface area contributed by atoms with Crippen molar-refractivity contribution in [2.75, 3.05) is 23.7 Å². The van der Waals surface area contributed by atoms with Crippen LogP contribution in [0.25, 0.3) is 0 Å². The molecule has 2 N–H and O–H groups in total. The van der Waals surface area contributed by atoms with E-state index < -0.39 is 11.6 Å². The maximum absolute atomic E-state index is 13.7. The van der Waals surface area contributed by atoms with E-state index in [-0.39, 0.29) is 29.5 Å². The number of hydrogen-bond acceptors (Lipinski definition) is 2. The van der Waals surface area contributed by atoms with Crippen molar-refractivity contribution in [2.45, 2.75) is 26.7 Å². The maximum Gasteiger partial charge on any atom is 0.321 e. The predicted octanol–water partition coefficient (Wildman–Crippen LogP) is 4.79. The van der Waals surface area contributed by atoms with Crippen LogP contribution in [-0.4, -0.2) is 29.9 Å². The number of rotatable bonds is 4. The Morgan fingerprint density at radius 1 is 1.03 bits per heavy atom. The Morgan fingerprint density at radius 3 is 2.34 bits per heavy atom. The van der Waals surface area contributed by atoms with Gasteiger partial charge in [-0.05, 0) is 49.9 Å². The summed E-state index contributed by atoms with van der Waals surface area (Å²) in [6.07, 6.45) is 1.34. The molecule has 0 radical (unpaired) electrons. The number of aryl methyl sites for hydroxylation is 1. The number of halogens is 2. The number of urea groups is 1. The molecule has 3 rings (SSSR count). The van der Waals surface area contributed by atoms with Gasteiger partial charge in [0.1, 0.15) is 11.6 Å². The highest BCUT2D eigenvalue weighted by molar-refractivity contribution is 5.92. The summed E-state index contributed by atoms with van der Waals surface area (Å²) in [5.74, 6) is -1.94. The van der Waals surface area contributed by atoms with Crippen molar-refractivity contribution in [1.82, 2.24) is 4.90 Å². The van der Waals surface area contributed by atoms with Gasteiger partial charge in [-0.2, -0.15) is 0 Å². The van der Waals surface area contributed by atoms with E-state index in [0.29, 0.717) is 25.9 Å². The normalized spacial score (nSPS) is 15.7. The first kappa shape index (κ1) is 20.8. The minimum absolute atomic E-state index is 0.0649. The summed E-state index contributed by atoms with van der Waals surface area (Å²) in [5, 5.41) is 5.35. The Kier molecular flexibility index (Phi) is 6.46. The number of piperidine rings is 1. The van der Waals surface area contributed by atoms with Crippen molar-refractivity contribution in [3.8, 4) is 0 Å². The number of nitrogens with one attached hydrogen (secondary N) is 2. The number of anilines is 2. The lowest BCUT2D eigenvalue weighted by molar-refractivity contribution is -0.121. The first-order valence-corrected chi connectivity index (χ1v) is 9.72. The van der Waals surface area contributed by atoms with Crippen LogP contribution in [0.5, 0.6) is 0 Å². The molecule has 1 atom stereocenters. The summed E-state index contributed by atoms with van der Waals surface area (Å²) < 4.78 is 27.0. The van der Waals surface area contributed by atoms with E-state index in [1.165, 1.54) is 0 Å². The number of amides is 3. The molecule has 29 heavy (non-hydrogen) atoms. The zero-order valence-corrected chi connectivity index (χ0v) is 16.5. The molecule has 0 aromatic heterocycles. The molecule has 1 unspecified atom stereocenters. The van der Waals surface area contributed by atoms with E-state index in [2.05, 4.69) is 10.6 Å². The van der Waals surface area contributed by atoms with E-state index in [1.807, 2.05) is 31.2 Å². The second kappa shape index (κ2) is 9.03. The molecule has 2 aromatic carbocycles. The number of benzene rings is 2. The predicted molar refractivity (Wildman–Crippen MR) is 109 cm³/mol. The molecule has 0 saturated carbocycles. The van der Waals surface area contributed by atoms with Crippen LogP contribution in [0.1, 0.15) is 25.3 Å². The quantitative estimate of drug-likeness (QED) is 0.774. The highest BCUT2D eigenvalue weighted by atomic mass is 19.1. The van der Waals surface area contributed by atoms with Crippen LogP contribution in [0, 0.1) is 30.4 Å². The molecule has 154 valence electrons. The van der Waals surface area contributed by atoms with Crippen LogP contribution in [0.15, 0.2) is 42.5 Å². The van der Waals surface area contributed by atoms with E-state index in [9.17, 15) is 18.4 Å². The van der Waals surface area contributed by atoms with Crippen LogP contribution in [0.3, 0.4) is 0 Å². The van der Waals surface area contributed by atoms with Crippen molar-refractivity contribution in [3.05, 3.63) is 59.7 Å². The minimum Gasteiger partial charge on any atom is -0.325 e. The molecule has 2 aromatic rings. The van der Waals surface area contributed by atoms with Gasteiger partial charge in [0.25, 0.3) is 0 Å². The second-order valence-corrected chi connectivity index (χ2v) is 7.52. The van der Waals surface area contributed by atoms with Gasteiger partial charge in [0.15, 0.2) is 0 Å². The molecule has 1 aliphatic rings. The lowest BCUT2D eigenvalue weighted by Crippen LogP contribution is -2.43. The Balaban J connectivity index is 1.51. The average Bonchev–Trinajstić information content (AvgIpc) is 2.72. The first-order chi connectivity index (χ1) is 13.8. The summed E-state index contributed by atoms with van der Waals surface area (Å²) >= 11 is 0. The molecule has 0 aliphatic carbocycles. The van der Waals surface area contributed by atoms with Crippen molar-refractivity contribution < 1.29 is 18.4 Å². The molecule has 0 spiro atoms. The number of carbonyl (C=O) groups excluding carboxylic acids is 2. The molecular weight excluding hydrogens is 376 g/mol. The molecule has 1 saturated heterocycles. The monoisotopic (exact) mass is 401 g/mol. The molecule has 7 heteroatoms. The van der Waals surface area contributed by atoms with Crippen molar-refractivity contribution in [3.63, 3.8) is 0 Å². The lowest BCUT2D eigenvalue weighted by atomic mass is 9.85. The Hall–Kier alpha value is -2.96. The van der Waals surface area contributed by atoms with Crippen molar-refractivity contribution in [2.24, 2.45) is 11.8 Å². The summed E-state index contributed by atoms with van der Waals surface area (Å²) in [4.78, 5) is 26.6. The summed E-state index contributed by atoms with van der Waals surface area (Å²) in [6.45, 7) is 4.83. The van der Waals surface area contributed by atoms with E-state index in [0.717, 1.165) is 29.4 Å². The van der Waals surface area contributed by atoms with Crippen LogP contribution in [0.2, 0.25) is 0 Å². The summed E-state index contributed by atoms with van der Waals surface area (Å²) in [6, 6.07) is 10.4. The number of likely N-dealkylation sites (tertiary alicyclic amines) is 1. The van der Waals surface area contributed by atoms with E-state index in [1.54, 1.807) is 11.8 Å². The van der Waals surface area contributed by atoms with Gasteiger partial charge < -0.3 is 15.5 Å². The summed E-state index contributed by atoms with van der Waals surface area (Å²) in [7, 11) is 0. The van der Waals surface area contributed by atoms with Crippen molar-refractivity contribution in [1.29, 1.82) is 0 Å². The Labute approximate surface area is 169 Å². The third-order valence-electron chi connectivity index (χ3n) is 5.44. The van der Waals surface area contributed by atoms with E-state index in [4.69, 9.17) is 0 Å². The highest BCUT2D eigenvalue weighted by Crippen LogP contribution is 2.27. The van der Waals surface area contributed by atoms with Gasteiger partial charge in [0.2, 0.25) is 5.91 Å². The molecule has 5 nitrogen and oxygen atoms in total. The standard InChI is InChI=1S/C22H25F2N3O2/c1-14-3-6-18(7-4-14)25-22(29)27-11-9-16(10-12-27)15(2)21(28)26-20-13-17(23)5-8-19(20)24/h3-8,13,15-16H,9-12H2,1-2H3,(H,25,29)(H,26,28). The fourth-order valence-corrected chi connectivity index (χ4v) is 3.50. The van der Waals surface area contributed by atoms with Gasteiger partial charge in [0.05, 0.1) is 5.69 Å². The molecule has 3 amide bonds. The van der Waals surface area contributed by atoms with Crippen LogP contribution in [-0.2, 0) is 4.79 Å². The fourth-order valence-electron chi connectivity index (χ4n) is 3.50. The van der Waals surface area contributed by atoms with Crippen LogP contribution < -0.4 is 10.6 Å². The number of carbonyl (C=O) groups is 2. The van der Waals surface area contributed by atoms with Gasteiger partial charge >= 0.3 is 6.03 Å². The molecule has 0 bridgehead atoms. The average molecular weight is 401 g/mol. The third kappa shape index (κ3) is 5.31. The smallest absolute Gasteiger partial charge is 0.321 e. The zero-order chi connectivity index (χ0) is 21.0. The SMILES string of the molecule is Cc1ccc(NC(=O)N2CCC(C(C)C(=O)Nc3cc(F)ccc3F)CC2)cc1. The second-order valence-electron chi connectivity index (χ2n) is 7.52. The highest BCUT2D eigenvalue weighted by Gasteiger charge is 2.30. The van der Waals surface area contributed by atoms with Gasteiger partial charge in [0, 0.05) is 30.8 Å². The molecular formula is C22H25F2N3O2. The maximum atomic E-state index is 13.7. The van der Waals surface area contributed by atoms with E-state index >= 15 is 0 Å². The largest absolute Gasteiger partial charge is 0.325 e. The van der Waals surface area contributed by atoms with Gasteiger partial charge in [-0.1, -0.05) is 24.6 Å². The lowest BCUT2D eigenvalue weighted by Gasteiger charge is -2.34. The summed E-state index contributed by atoms with van der Waals surface area (Å²) in [5.41, 5.74) is 1.71. The first-order valence-electron chi connectivity index (χ1n) is 9.72. The zero-order valence-electron chi connectivity index (χ0n) is 16.5. The topological polar surface area (TPSA) is 61.4 Å². The Bertz CT molecular complexity index is 878. The van der Waals surface area contributed by atoms with Gasteiger partial charge in [-0.25, -0.2) is 13.6 Å². The van der Waals surface area contributed by atoms with Crippen molar-refractivity contribution >= 4 is 23.3 Å². The molecule has 1 heterocycles. The van der Waals surface area contributed by atoms with Gasteiger partial charge in [-0.15, -0.1) is 0 Å². The minimum atomic E-state index is -0.672.